The number of hydrogen-bond acceptors (Lipinski definition) is 7. The minimum Gasteiger partial charge on any atom is -0.490 e. The van der Waals surface area contributed by atoms with Crippen molar-refractivity contribution < 1.29 is 9.47 Å². The Kier molecular flexibility index (Phi) is 3.97. The number of hydrogen-bond donors (Lipinski definition) is 2. The number of ether oxygens (including phenoxy) is 2. The molecule has 0 bridgehead atoms. The van der Waals surface area contributed by atoms with Gasteiger partial charge in [-0.15, -0.1) is 0 Å². The van der Waals surface area contributed by atoms with Crippen LogP contribution in [0.4, 0.5) is 11.6 Å². The first kappa shape index (κ1) is 12.9. The van der Waals surface area contributed by atoms with E-state index in [0.717, 1.165) is 5.56 Å². The topological polar surface area (TPSA) is 95.2 Å². The van der Waals surface area contributed by atoms with E-state index in [0.29, 0.717) is 29.8 Å². The second-order valence-electron chi connectivity index (χ2n) is 3.70. The Labute approximate surface area is 110 Å². The number of nitrogen functional groups attached to an aromatic ring is 1. The highest BCUT2D eigenvalue weighted by molar-refractivity contribution is 5.61. The monoisotopic (exact) mass is 261 g/mol. The van der Waals surface area contributed by atoms with Crippen LogP contribution in [0.5, 0.6) is 11.6 Å². The van der Waals surface area contributed by atoms with Crippen molar-refractivity contribution in [1.82, 2.24) is 15.0 Å². The number of anilines is 2. The van der Waals surface area contributed by atoms with Crippen molar-refractivity contribution in [3.8, 4) is 11.6 Å². The molecule has 0 aromatic carbocycles. The summed E-state index contributed by atoms with van der Waals surface area (Å²) in [5.74, 6) is 1.86. The summed E-state index contributed by atoms with van der Waals surface area (Å²) in [6.45, 7) is 0.545. The Bertz CT molecular complexity index is 544. The highest BCUT2D eigenvalue weighted by Gasteiger charge is 2.08. The number of methoxy groups -OCH3 is 2. The molecule has 7 heteroatoms. The molecule has 2 heterocycles. The maximum atomic E-state index is 5.69. The quantitative estimate of drug-likeness (QED) is 0.831. The lowest BCUT2D eigenvalue weighted by Gasteiger charge is -2.10. The van der Waals surface area contributed by atoms with Crippen molar-refractivity contribution in [2.45, 2.75) is 6.54 Å². The molecule has 0 aliphatic heterocycles. The first-order valence-electron chi connectivity index (χ1n) is 5.62. The lowest BCUT2D eigenvalue weighted by molar-refractivity contribution is 0.397. The fourth-order valence-electron chi connectivity index (χ4n) is 1.54. The van der Waals surface area contributed by atoms with Gasteiger partial charge < -0.3 is 20.5 Å². The van der Waals surface area contributed by atoms with Crippen molar-refractivity contribution in [2.24, 2.45) is 0 Å². The summed E-state index contributed by atoms with van der Waals surface area (Å²) < 4.78 is 10.1. The Morgan fingerprint density at radius 1 is 1.16 bits per heavy atom. The van der Waals surface area contributed by atoms with Crippen LogP contribution in [0, 0.1) is 0 Å². The van der Waals surface area contributed by atoms with Gasteiger partial charge in [-0.25, -0.2) is 15.0 Å². The van der Waals surface area contributed by atoms with Gasteiger partial charge in [0.05, 0.1) is 14.2 Å². The molecule has 0 aliphatic carbocycles. The second-order valence-corrected chi connectivity index (χ2v) is 3.70. The summed E-state index contributed by atoms with van der Waals surface area (Å²) in [6.07, 6.45) is 3.11. The molecule has 19 heavy (non-hydrogen) atoms. The maximum Gasteiger partial charge on any atom is 0.212 e. The van der Waals surface area contributed by atoms with Gasteiger partial charge >= 0.3 is 0 Å². The number of nitrogens with one attached hydrogen (secondary N) is 1. The van der Waals surface area contributed by atoms with Gasteiger partial charge in [0.2, 0.25) is 11.6 Å². The molecule has 100 valence electrons. The highest BCUT2D eigenvalue weighted by Crippen LogP contribution is 2.26. The van der Waals surface area contributed by atoms with Crippen molar-refractivity contribution in [3.05, 3.63) is 30.2 Å². The van der Waals surface area contributed by atoms with E-state index >= 15 is 0 Å². The average molecular weight is 261 g/mol. The van der Waals surface area contributed by atoms with Crippen molar-refractivity contribution in [1.29, 1.82) is 0 Å². The number of pyridine rings is 1. The van der Waals surface area contributed by atoms with E-state index in [9.17, 15) is 0 Å². The van der Waals surface area contributed by atoms with E-state index in [2.05, 4.69) is 20.3 Å². The van der Waals surface area contributed by atoms with Crippen LogP contribution >= 0.6 is 0 Å². The van der Waals surface area contributed by atoms with Crippen LogP contribution in [0.3, 0.4) is 0 Å². The summed E-state index contributed by atoms with van der Waals surface area (Å²) in [6, 6.07) is 3.71. The van der Waals surface area contributed by atoms with E-state index in [1.165, 1.54) is 13.4 Å². The standard InChI is InChI=1S/C12H15N5O2/c1-18-9-4-3-8(5-14-9)6-15-12-10(19-2)11(13)16-7-17-12/h3-5,7H,6H2,1-2H3,(H3,13,15,16,17). The van der Waals surface area contributed by atoms with E-state index in [1.54, 1.807) is 19.4 Å². The lowest BCUT2D eigenvalue weighted by Crippen LogP contribution is -2.06. The van der Waals surface area contributed by atoms with Crippen molar-refractivity contribution in [3.63, 3.8) is 0 Å². The third-order valence-corrected chi connectivity index (χ3v) is 2.50. The number of rotatable bonds is 5. The number of nitrogens with zero attached hydrogens (tertiary/aromatic N) is 3. The Morgan fingerprint density at radius 2 is 2.00 bits per heavy atom. The van der Waals surface area contributed by atoms with Gasteiger partial charge in [0, 0.05) is 18.8 Å². The van der Waals surface area contributed by atoms with Crippen LogP contribution < -0.4 is 20.5 Å². The smallest absolute Gasteiger partial charge is 0.212 e. The lowest BCUT2D eigenvalue weighted by atomic mass is 10.3. The third-order valence-electron chi connectivity index (χ3n) is 2.50. The predicted molar refractivity (Wildman–Crippen MR) is 71.1 cm³/mol. The zero-order valence-corrected chi connectivity index (χ0v) is 10.8. The van der Waals surface area contributed by atoms with Gasteiger partial charge in [-0.1, -0.05) is 6.07 Å². The molecule has 0 atom stereocenters. The minimum atomic E-state index is 0.299. The molecule has 0 fully saturated rings. The molecule has 0 unspecified atom stereocenters. The van der Waals surface area contributed by atoms with Gasteiger partial charge in [-0.2, -0.15) is 0 Å². The Morgan fingerprint density at radius 3 is 2.63 bits per heavy atom. The van der Waals surface area contributed by atoms with Crippen LogP contribution in [0.2, 0.25) is 0 Å². The van der Waals surface area contributed by atoms with E-state index in [4.69, 9.17) is 15.2 Å². The average Bonchev–Trinajstić information content (AvgIpc) is 2.45. The van der Waals surface area contributed by atoms with E-state index in [-0.39, 0.29) is 0 Å². The molecule has 0 amide bonds. The SMILES string of the molecule is COc1ccc(CNc2ncnc(N)c2OC)cn1. The van der Waals surface area contributed by atoms with Gasteiger partial charge in [0.15, 0.2) is 11.6 Å². The number of aromatic nitrogens is 3. The van der Waals surface area contributed by atoms with Crippen LogP contribution in [0.15, 0.2) is 24.7 Å². The third kappa shape index (κ3) is 3.01. The van der Waals surface area contributed by atoms with Crippen LogP contribution in [0.1, 0.15) is 5.56 Å². The first-order valence-corrected chi connectivity index (χ1v) is 5.62. The molecule has 0 radical (unpaired) electrons. The molecule has 0 aliphatic rings. The second kappa shape index (κ2) is 5.85. The number of nitrogens with two attached hydrogens (primary N) is 1. The summed E-state index contributed by atoms with van der Waals surface area (Å²) in [4.78, 5) is 12.1. The van der Waals surface area contributed by atoms with Gasteiger partial charge in [0.25, 0.3) is 0 Å². The predicted octanol–water partition coefficient (Wildman–Crippen LogP) is 1.08. The largest absolute Gasteiger partial charge is 0.490 e. The van der Waals surface area contributed by atoms with Gasteiger partial charge in [-0.3, -0.25) is 0 Å². The summed E-state index contributed by atoms with van der Waals surface area (Å²) in [5.41, 5.74) is 6.68. The van der Waals surface area contributed by atoms with Crippen molar-refractivity contribution >= 4 is 11.6 Å². The minimum absolute atomic E-state index is 0.299. The van der Waals surface area contributed by atoms with Gasteiger partial charge in [0.1, 0.15) is 6.33 Å². The molecule has 0 spiro atoms. The maximum absolute atomic E-state index is 5.69. The molecule has 2 aromatic heterocycles. The fourth-order valence-corrected chi connectivity index (χ4v) is 1.54. The molecule has 7 nitrogen and oxygen atoms in total. The molecule has 0 saturated heterocycles. The summed E-state index contributed by atoms with van der Waals surface area (Å²) in [7, 11) is 3.10. The van der Waals surface area contributed by atoms with Crippen molar-refractivity contribution in [2.75, 3.05) is 25.3 Å². The Hall–Kier alpha value is -2.57. The molecule has 0 saturated carbocycles. The molecule has 2 rings (SSSR count). The molecular formula is C12H15N5O2. The normalized spacial score (nSPS) is 10.0. The fraction of sp³-hybridized carbons (Fsp3) is 0.250. The van der Waals surface area contributed by atoms with E-state index in [1.807, 2.05) is 6.07 Å². The van der Waals surface area contributed by atoms with Crippen LogP contribution in [-0.4, -0.2) is 29.2 Å². The molecule has 3 N–H and O–H groups in total. The zero-order valence-electron chi connectivity index (χ0n) is 10.8. The van der Waals surface area contributed by atoms with Crippen LogP contribution in [0.25, 0.3) is 0 Å². The molecule has 2 aromatic rings. The molecular weight excluding hydrogens is 246 g/mol. The highest BCUT2D eigenvalue weighted by atomic mass is 16.5. The first-order chi connectivity index (χ1) is 9.24. The summed E-state index contributed by atoms with van der Waals surface area (Å²) in [5, 5.41) is 3.12. The zero-order chi connectivity index (χ0) is 13.7. The Balaban J connectivity index is 2.07. The van der Waals surface area contributed by atoms with Gasteiger partial charge in [-0.05, 0) is 5.56 Å². The van der Waals surface area contributed by atoms with E-state index < -0.39 is 0 Å². The van der Waals surface area contributed by atoms with Crippen LogP contribution in [-0.2, 0) is 6.54 Å². The summed E-state index contributed by atoms with van der Waals surface area (Å²) >= 11 is 0.